The fraction of sp³-hybridized carbons (Fsp3) is 0.429. The lowest BCUT2D eigenvalue weighted by atomic mass is 9.94. The van der Waals surface area contributed by atoms with E-state index in [4.69, 9.17) is 10.6 Å². The van der Waals surface area contributed by atoms with E-state index in [-0.39, 0.29) is 11.6 Å². The van der Waals surface area contributed by atoms with Crippen LogP contribution in [0.5, 0.6) is 0 Å². The molecule has 0 saturated heterocycles. The van der Waals surface area contributed by atoms with Crippen molar-refractivity contribution < 1.29 is 14.3 Å². The molecule has 140 valence electrons. The van der Waals surface area contributed by atoms with Crippen LogP contribution in [0.25, 0.3) is 10.8 Å². The molecule has 0 aliphatic carbocycles. The maximum absolute atomic E-state index is 12.0. The Labute approximate surface area is 155 Å². The van der Waals surface area contributed by atoms with E-state index in [9.17, 15) is 9.59 Å². The van der Waals surface area contributed by atoms with Gasteiger partial charge in [0.05, 0.1) is 18.8 Å². The Balaban J connectivity index is 2.28. The minimum atomic E-state index is -0.0712. The average molecular weight is 356 g/mol. The van der Waals surface area contributed by atoms with Crippen LogP contribution in [0, 0.1) is 0 Å². The molecule has 0 aliphatic rings. The van der Waals surface area contributed by atoms with Crippen molar-refractivity contribution in [3.05, 3.63) is 41.5 Å². The van der Waals surface area contributed by atoms with Crippen molar-refractivity contribution in [1.82, 2.24) is 0 Å². The van der Waals surface area contributed by atoms with E-state index in [1.165, 1.54) is 20.3 Å². The first kappa shape index (κ1) is 20.1. The molecule has 0 heterocycles. The third-order valence-electron chi connectivity index (χ3n) is 4.45. The van der Waals surface area contributed by atoms with Gasteiger partial charge in [0.25, 0.3) is 0 Å². The molecule has 0 radical (unpaired) electrons. The number of rotatable bonds is 10. The summed E-state index contributed by atoms with van der Waals surface area (Å²) < 4.78 is 5.63. The van der Waals surface area contributed by atoms with Crippen molar-refractivity contribution in [2.24, 2.45) is 5.84 Å². The number of hydrazine groups is 1. The first-order valence-electron chi connectivity index (χ1n) is 9.15. The summed E-state index contributed by atoms with van der Waals surface area (Å²) in [5.74, 6) is 6.10. The van der Waals surface area contributed by atoms with Gasteiger partial charge in [-0.25, -0.2) is 5.84 Å². The number of carbonyl (C=O) groups excluding carboxylic acids is 2. The lowest BCUT2D eigenvalue weighted by Gasteiger charge is -2.22. The van der Waals surface area contributed by atoms with Crippen LogP contribution in [0.1, 0.15) is 60.7 Å². The van der Waals surface area contributed by atoms with Gasteiger partial charge in [-0.15, -0.1) is 0 Å². The molecule has 0 fully saturated rings. The van der Waals surface area contributed by atoms with Crippen LogP contribution in [0.3, 0.4) is 0 Å². The smallest absolute Gasteiger partial charge is 0.160 e. The summed E-state index contributed by atoms with van der Waals surface area (Å²) in [6.45, 7) is 6.98. The van der Waals surface area contributed by atoms with Gasteiger partial charge in [0.15, 0.2) is 11.6 Å². The number of ether oxygens (including phenoxy) is 1. The van der Waals surface area contributed by atoms with Gasteiger partial charge in [0.2, 0.25) is 0 Å². The number of unbranched alkanes of at least 4 members (excludes halogenated alkanes) is 2. The third-order valence-corrected chi connectivity index (χ3v) is 4.45. The Morgan fingerprint density at radius 1 is 1.00 bits per heavy atom. The molecule has 2 N–H and O–H groups in total. The first-order chi connectivity index (χ1) is 12.5. The summed E-state index contributed by atoms with van der Waals surface area (Å²) in [6.07, 6.45) is 3.38. The van der Waals surface area contributed by atoms with Gasteiger partial charge in [0, 0.05) is 28.5 Å². The number of nitrogens with two attached hydrogens (primary N) is 1. The maximum atomic E-state index is 12.0. The molecule has 0 amide bonds. The Morgan fingerprint density at radius 2 is 1.69 bits per heavy atom. The van der Waals surface area contributed by atoms with Gasteiger partial charge in [0.1, 0.15) is 0 Å². The molecule has 5 nitrogen and oxygen atoms in total. The van der Waals surface area contributed by atoms with Crippen LogP contribution in [0.2, 0.25) is 0 Å². The zero-order chi connectivity index (χ0) is 19.1. The predicted octanol–water partition coefficient (Wildman–Crippen LogP) is 4.13. The fourth-order valence-electron chi connectivity index (χ4n) is 3.07. The number of hydrogen-bond donors (Lipinski definition) is 1. The molecule has 0 unspecified atom stereocenters. The van der Waals surface area contributed by atoms with E-state index >= 15 is 0 Å². The van der Waals surface area contributed by atoms with Crippen LogP contribution >= 0.6 is 0 Å². The topological polar surface area (TPSA) is 72.6 Å². The van der Waals surface area contributed by atoms with Gasteiger partial charge in [-0.05, 0) is 32.4 Å². The second-order valence-corrected chi connectivity index (χ2v) is 6.49. The summed E-state index contributed by atoms with van der Waals surface area (Å²) in [7, 11) is 0. The summed E-state index contributed by atoms with van der Waals surface area (Å²) in [6, 6.07) is 9.04. The van der Waals surface area contributed by atoms with Gasteiger partial charge < -0.3 is 9.75 Å². The predicted molar refractivity (Wildman–Crippen MR) is 106 cm³/mol. The van der Waals surface area contributed by atoms with Crippen molar-refractivity contribution in [3.8, 4) is 0 Å². The molecule has 0 aliphatic heterocycles. The van der Waals surface area contributed by atoms with E-state index in [2.05, 4.69) is 6.92 Å². The molecule has 0 spiro atoms. The Hall–Kier alpha value is -2.24. The monoisotopic (exact) mass is 356 g/mol. The van der Waals surface area contributed by atoms with Crippen LogP contribution in [-0.4, -0.2) is 31.3 Å². The number of carbonyl (C=O) groups is 2. The van der Waals surface area contributed by atoms with Gasteiger partial charge >= 0.3 is 0 Å². The number of benzene rings is 2. The van der Waals surface area contributed by atoms with Gasteiger partial charge in [-0.1, -0.05) is 38.0 Å². The largest absolute Gasteiger partial charge is 0.380 e. The van der Waals surface area contributed by atoms with Crippen molar-refractivity contribution in [2.45, 2.75) is 40.0 Å². The third kappa shape index (κ3) is 4.68. The quantitative estimate of drug-likeness (QED) is 0.300. The molecule has 2 rings (SSSR count). The van der Waals surface area contributed by atoms with E-state index < -0.39 is 0 Å². The van der Waals surface area contributed by atoms with Crippen molar-refractivity contribution in [3.63, 3.8) is 0 Å². The minimum absolute atomic E-state index is 0.0712. The Bertz CT molecular complexity index is 766. The highest BCUT2D eigenvalue weighted by Gasteiger charge is 2.17. The standard InChI is InChI=1S/C21H28N2O3/c1-4-5-6-13-26-14-12-23(22)20-11-10-18(16(3)25)21-17(15(2)24)8-7-9-19(20)21/h7-11H,4-6,12-14,22H2,1-3H3. The van der Waals surface area contributed by atoms with E-state index in [0.29, 0.717) is 29.7 Å². The summed E-state index contributed by atoms with van der Waals surface area (Å²) in [5.41, 5.74) is 1.86. The molecule has 0 atom stereocenters. The molecule has 5 heteroatoms. The normalized spacial score (nSPS) is 10.9. The Kier molecular flexibility index (Phi) is 7.30. The summed E-state index contributed by atoms with van der Waals surface area (Å²) >= 11 is 0. The molecule has 0 bridgehead atoms. The molecular formula is C21H28N2O3. The number of anilines is 1. The molecule has 0 aromatic heterocycles. The van der Waals surface area contributed by atoms with Crippen LogP contribution in [-0.2, 0) is 4.74 Å². The van der Waals surface area contributed by atoms with E-state index in [0.717, 1.165) is 30.5 Å². The van der Waals surface area contributed by atoms with E-state index in [1.54, 1.807) is 17.1 Å². The van der Waals surface area contributed by atoms with Crippen LogP contribution in [0.15, 0.2) is 30.3 Å². The second-order valence-electron chi connectivity index (χ2n) is 6.49. The molecule has 0 saturated carbocycles. The van der Waals surface area contributed by atoms with Crippen molar-refractivity contribution in [1.29, 1.82) is 0 Å². The second kappa shape index (κ2) is 9.46. The number of Topliss-reactive ketones (excluding diaryl/α,β-unsaturated/α-hetero) is 2. The summed E-state index contributed by atoms with van der Waals surface area (Å²) in [4.78, 5) is 24.1. The fourth-order valence-corrected chi connectivity index (χ4v) is 3.07. The maximum Gasteiger partial charge on any atom is 0.160 e. The highest BCUT2D eigenvalue weighted by atomic mass is 16.5. The SMILES string of the molecule is CCCCCOCCN(N)c1ccc(C(C)=O)c2c(C(C)=O)cccc12. The number of ketones is 2. The van der Waals surface area contributed by atoms with Gasteiger partial charge in [-0.3, -0.25) is 9.59 Å². The Morgan fingerprint density at radius 3 is 2.35 bits per heavy atom. The average Bonchev–Trinajstić information content (AvgIpc) is 2.62. The molecular weight excluding hydrogens is 328 g/mol. The zero-order valence-corrected chi connectivity index (χ0v) is 15.9. The molecule has 26 heavy (non-hydrogen) atoms. The zero-order valence-electron chi connectivity index (χ0n) is 15.9. The van der Waals surface area contributed by atoms with Gasteiger partial charge in [-0.2, -0.15) is 0 Å². The van der Waals surface area contributed by atoms with Crippen molar-refractivity contribution >= 4 is 28.0 Å². The van der Waals surface area contributed by atoms with Crippen LogP contribution < -0.4 is 10.9 Å². The highest BCUT2D eigenvalue weighted by Crippen LogP contribution is 2.31. The highest BCUT2D eigenvalue weighted by molar-refractivity contribution is 6.18. The molecule has 2 aromatic rings. The molecule has 2 aromatic carbocycles. The lowest BCUT2D eigenvalue weighted by molar-refractivity contribution is 0.101. The van der Waals surface area contributed by atoms with Crippen molar-refractivity contribution in [2.75, 3.05) is 24.8 Å². The number of fused-ring (bicyclic) bond motifs is 1. The number of hydrogen-bond acceptors (Lipinski definition) is 5. The van der Waals surface area contributed by atoms with E-state index in [1.807, 2.05) is 18.2 Å². The first-order valence-corrected chi connectivity index (χ1v) is 9.15. The number of nitrogens with zero attached hydrogens (tertiary/aromatic N) is 1. The summed E-state index contributed by atoms with van der Waals surface area (Å²) in [5, 5.41) is 3.10. The minimum Gasteiger partial charge on any atom is -0.380 e. The lowest BCUT2D eigenvalue weighted by Crippen LogP contribution is -2.34. The van der Waals surface area contributed by atoms with Crippen LogP contribution in [0.4, 0.5) is 5.69 Å².